The van der Waals surface area contributed by atoms with E-state index in [9.17, 15) is 9.18 Å². The summed E-state index contributed by atoms with van der Waals surface area (Å²) in [6.45, 7) is 4.88. The maximum Gasteiger partial charge on any atom is 0.255 e. The van der Waals surface area contributed by atoms with Crippen molar-refractivity contribution in [3.05, 3.63) is 59.4 Å². The van der Waals surface area contributed by atoms with E-state index in [1.807, 2.05) is 19.1 Å². The summed E-state index contributed by atoms with van der Waals surface area (Å²) in [5.41, 5.74) is 1.63. The quantitative estimate of drug-likeness (QED) is 0.809. The number of para-hydroxylation sites is 2. The van der Waals surface area contributed by atoms with Crippen LogP contribution in [-0.2, 0) is 0 Å². The Morgan fingerprint density at radius 1 is 1.20 bits per heavy atom. The van der Waals surface area contributed by atoms with Crippen molar-refractivity contribution in [2.75, 3.05) is 13.2 Å². The normalized spacial score (nSPS) is 18.4. The Balaban J connectivity index is 1.50. The van der Waals surface area contributed by atoms with Gasteiger partial charge in [-0.3, -0.25) is 4.79 Å². The second kappa shape index (κ2) is 7.55. The van der Waals surface area contributed by atoms with Crippen molar-refractivity contribution in [1.29, 1.82) is 0 Å². The summed E-state index contributed by atoms with van der Waals surface area (Å²) in [6, 6.07) is 11.9. The first-order valence-electron chi connectivity index (χ1n) is 8.53. The van der Waals surface area contributed by atoms with Gasteiger partial charge in [-0.05, 0) is 31.5 Å². The fourth-order valence-corrected chi connectivity index (χ4v) is 2.88. The third-order valence-electron chi connectivity index (χ3n) is 4.49. The Bertz CT molecular complexity index is 762. The van der Waals surface area contributed by atoms with Gasteiger partial charge in [-0.15, -0.1) is 0 Å². The molecule has 0 saturated carbocycles. The smallest absolute Gasteiger partial charge is 0.255 e. The molecular weight excluding hydrogens is 321 g/mol. The number of amides is 1. The van der Waals surface area contributed by atoms with Gasteiger partial charge >= 0.3 is 0 Å². The maximum atomic E-state index is 13.4. The minimum absolute atomic E-state index is 0.0677. The monoisotopic (exact) mass is 343 g/mol. The highest BCUT2D eigenvalue weighted by molar-refractivity contribution is 5.97. The van der Waals surface area contributed by atoms with Gasteiger partial charge in [-0.1, -0.05) is 31.2 Å². The lowest BCUT2D eigenvalue weighted by Gasteiger charge is -2.10. The van der Waals surface area contributed by atoms with Gasteiger partial charge in [0.15, 0.2) is 11.6 Å². The summed E-state index contributed by atoms with van der Waals surface area (Å²) in [7, 11) is 0. The molecule has 0 bridgehead atoms. The van der Waals surface area contributed by atoms with Crippen molar-refractivity contribution in [2.45, 2.75) is 32.3 Å². The molecule has 0 saturated heterocycles. The van der Waals surface area contributed by atoms with Gasteiger partial charge in [0.2, 0.25) is 0 Å². The van der Waals surface area contributed by atoms with Gasteiger partial charge < -0.3 is 14.8 Å². The lowest BCUT2D eigenvalue weighted by molar-refractivity contribution is 0.0946. The van der Waals surface area contributed by atoms with Crippen LogP contribution in [0.3, 0.4) is 0 Å². The number of fused-ring (bicyclic) bond motifs is 1. The van der Waals surface area contributed by atoms with Crippen LogP contribution in [0, 0.1) is 5.82 Å². The van der Waals surface area contributed by atoms with Gasteiger partial charge in [-0.25, -0.2) is 4.39 Å². The molecule has 5 heteroatoms. The molecule has 1 aliphatic rings. The molecular formula is C20H22FNO3. The van der Waals surface area contributed by atoms with Crippen LogP contribution in [0.4, 0.5) is 4.39 Å². The molecule has 2 aromatic rings. The summed E-state index contributed by atoms with van der Waals surface area (Å²) in [5, 5.41) is 2.87. The van der Waals surface area contributed by atoms with E-state index in [0.717, 1.165) is 5.56 Å². The van der Waals surface area contributed by atoms with Crippen molar-refractivity contribution in [3.8, 4) is 11.5 Å². The predicted molar refractivity (Wildman–Crippen MR) is 93.8 cm³/mol. The molecule has 0 spiro atoms. The van der Waals surface area contributed by atoms with E-state index in [2.05, 4.69) is 12.2 Å². The second-order valence-corrected chi connectivity index (χ2v) is 6.22. The standard InChI is InChI=1S/C20H22FNO3/c1-13-14(2)25-19-15(13)7-5-8-16(19)20(23)22-11-6-12-24-18-10-4-3-9-17(18)21/h3-5,7-10,13-14H,6,11-12H2,1-2H3,(H,22,23)/t13-,14-/m1/s1. The number of ether oxygens (including phenoxy) is 2. The van der Waals surface area contributed by atoms with Crippen molar-refractivity contribution in [1.82, 2.24) is 5.32 Å². The highest BCUT2D eigenvalue weighted by Crippen LogP contribution is 2.40. The zero-order valence-electron chi connectivity index (χ0n) is 14.4. The van der Waals surface area contributed by atoms with Crippen molar-refractivity contribution in [3.63, 3.8) is 0 Å². The summed E-state index contributed by atoms with van der Waals surface area (Å²) in [5.74, 6) is 0.640. The molecule has 3 rings (SSSR count). The molecule has 132 valence electrons. The molecule has 2 aromatic carbocycles. The Labute approximate surface area is 147 Å². The number of halogens is 1. The van der Waals surface area contributed by atoms with E-state index >= 15 is 0 Å². The average molecular weight is 343 g/mol. The molecule has 0 aliphatic carbocycles. The molecule has 0 fully saturated rings. The Kier molecular flexibility index (Phi) is 5.22. The van der Waals surface area contributed by atoms with Crippen LogP contribution in [0.1, 0.15) is 42.1 Å². The first-order valence-corrected chi connectivity index (χ1v) is 8.53. The van der Waals surface area contributed by atoms with E-state index in [1.54, 1.807) is 24.3 Å². The van der Waals surface area contributed by atoms with E-state index in [0.29, 0.717) is 30.9 Å². The number of hydrogen-bond donors (Lipinski definition) is 1. The fourth-order valence-electron chi connectivity index (χ4n) is 2.88. The Morgan fingerprint density at radius 2 is 2.00 bits per heavy atom. The molecule has 0 unspecified atom stereocenters. The molecule has 4 nitrogen and oxygen atoms in total. The van der Waals surface area contributed by atoms with Crippen LogP contribution in [-0.4, -0.2) is 25.2 Å². The van der Waals surface area contributed by atoms with E-state index in [1.165, 1.54) is 6.07 Å². The van der Waals surface area contributed by atoms with E-state index in [-0.39, 0.29) is 29.5 Å². The molecule has 2 atom stereocenters. The fraction of sp³-hybridized carbons (Fsp3) is 0.350. The first-order chi connectivity index (χ1) is 12.1. The Hall–Kier alpha value is -2.56. The number of hydrogen-bond acceptors (Lipinski definition) is 3. The topological polar surface area (TPSA) is 47.6 Å². The molecule has 0 radical (unpaired) electrons. The number of nitrogens with one attached hydrogen (secondary N) is 1. The van der Waals surface area contributed by atoms with Gasteiger partial charge in [-0.2, -0.15) is 0 Å². The first kappa shape index (κ1) is 17.3. The number of rotatable bonds is 6. The van der Waals surface area contributed by atoms with Gasteiger partial charge in [0.05, 0.1) is 12.2 Å². The van der Waals surface area contributed by atoms with Crippen LogP contribution in [0.15, 0.2) is 42.5 Å². The van der Waals surface area contributed by atoms with Crippen molar-refractivity contribution in [2.24, 2.45) is 0 Å². The van der Waals surface area contributed by atoms with Crippen LogP contribution < -0.4 is 14.8 Å². The number of carbonyl (C=O) groups excluding carboxylic acids is 1. The van der Waals surface area contributed by atoms with E-state index in [4.69, 9.17) is 9.47 Å². The minimum atomic E-state index is -0.383. The summed E-state index contributed by atoms with van der Waals surface area (Å²) in [6.07, 6.45) is 0.654. The number of benzene rings is 2. The minimum Gasteiger partial charge on any atom is -0.490 e. The van der Waals surface area contributed by atoms with Crippen molar-refractivity contribution < 1.29 is 18.7 Å². The van der Waals surface area contributed by atoms with Crippen molar-refractivity contribution >= 4 is 5.91 Å². The van der Waals surface area contributed by atoms with Crippen LogP contribution >= 0.6 is 0 Å². The molecule has 1 amide bonds. The van der Waals surface area contributed by atoms with E-state index < -0.39 is 0 Å². The molecule has 25 heavy (non-hydrogen) atoms. The zero-order valence-corrected chi connectivity index (χ0v) is 14.4. The van der Waals surface area contributed by atoms with Crippen LogP contribution in [0.5, 0.6) is 11.5 Å². The SMILES string of the molecule is C[C@H]1Oc2c(C(=O)NCCCOc3ccccc3F)cccc2[C@@H]1C. The summed E-state index contributed by atoms with van der Waals surface area (Å²) < 4.78 is 24.6. The summed E-state index contributed by atoms with van der Waals surface area (Å²) in [4.78, 5) is 12.4. The molecule has 0 aromatic heterocycles. The van der Waals surface area contributed by atoms with Crippen LogP contribution in [0.25, 0.3) is 0 Å². The van der Waals surface area contributed by atoms with Gasteiger partial charge in [0.25, 0.3) is 5.91 Å². The maximum absolute atomic E-state index is 13.4. The zero-order chi connectivity index (χ0) is 17.8. The lowest BCUT2D eigenvalue weighted by atomic mass is 9.97. The van der Waals surface area contributed by atoms with Gasteiger partial charge in [0.1, 0.15) is 11.9 Å². The third-order valence-corrected chi connectivity index (χ3v) is 4.49. The molecule has 1 N–H and O–H groups in total. The summed E-state index contributed by atoms with van der Waals surface area (Å²) >= 11 is 0. The third kappa shape index (κ3) is 3.76. The largest absolute Gasteiger partial charge is 0.490 e. The molecule has 1 heterocycles. The number of carbonyl (C=O) groups is 1. The lowest BCUT2D eigenvalue weighted by Crippen LogP contribution is -2.26. The average Bonchev–Trinajstić information content (AvgIpc) is 2.90. The second-order valence-electron chi connectivity index (χ2n) is 6.22. The highest BCUT2D eigenvalue weighted by Gasteiger charge is 2.30. The Morgan fingerprint density at radius 3 is 2.80 bits per heavy atom. The van der Waals surface area contributed by atoms with Crippen LogP contribution in [0.2, 0.25) is 0 Å². The predicted octanol–water partition coefficient (Wildman–Crippen LogP) is 3.91. The van der Waals surface area contributed by atoms with Gasteiger partial charge in [0, 0.05) is 18.0 Å². The highest BCUT2D eigenvalue weighted by atomic mass is 19.1. The molecule has 1 aliphatic heterocycles.